The quantitative estimate of drug-likeness (QED) is 0.917. The molecule has 0 fully saturated rings. The van der Waals surface area contributed by atoms with Gasteiger partial charge in [-0.2, -0.15) is 0 Å². The summed E-state index contributed by atoms with van der Waals surface area (Å²) in [5, 5.41) is 9.58. The first-order chi connectivity index (χ1) is 7.04. The minimum absolute atomic E-state index is 0.347. The van der Waals surface area contributed by atoms with Crippen LogP contribution in [0.3, 0.4) is 0 Å². The number of aliphatic carboxylic acids is 1. The van der Waals surface area contributed by atoms with Gasteiger partial charge < -0.3 is 5.11 Å². The van der Waals surface area contributed by atoms with E-state index in [2.05, 4.69) is 15.9 Å². The molecule has 0 aliphatic rings. The molecule has 0 aliphatic heterocycles. The lowest BCUT2D eigenvalue weighted by atomic mass is 9.97. The predicted octanol–water partition coefficient (Wildman–Crippen LogP) is 3.76. The van der Waals surface area contributed by atoms with Gasteiger partial charge in [-0.3, -0.25) is 4.79 Å². The summed E-state index contributed by atoms with van der Waals surface area (Å²) >= 11 is 9.24. The first-order valence-electron chi connectivity index (χ1n) is 4.71. The molecular formula is C11H12BrClO2. The van der Waals surface area contributed by atoms with E-state index in [1.165, 1.54) is 0 Å². The van der Waals surface area contributed by atoms with Crippen molar-refractivity contribution in [3.8, 4) is 0 Å². The molecule has 0 aliphatic carbocycles. The number of carbonyl (C=O) groups is 1. The summed E-state index contributed by atoms with van der Waals surface area (Å²) in [6, 6.07) is 5.42. The zero-order valence-corrected chi connectivity index (χ0v) is 10.7. The van der Waals surface area contributed by atoms with Crippen LogP contribution in [0.1, 0.15) is 18.9 Å². The van der Waals surface area contributed by atoms with Gasteiger partial charge in [0.1, 0.15) is 0 Å². The Balaban J connectivity index is 2.87. The van der Waals surface area contributed by atoms with Crippen molar-refractivity contribution in [1.82, 2.24) is 0 Å². The zero-order chi connectivity index (χ0) is 11.4. The van der Waals surface area contributed by atoms with Crippen LogP contribution < -0.4 is 0 Å². The van der Waals surface area contributed by atoms with Crippen LogP contribution in [-0.2, 0) is 11.2 Å². The first kappa shape index (κ1) is 12.5. The molecule has 0 radical (unpaired) electrons. The summed E-state index contributed by atoms with van der Waals surface area (Å²) < 4.78 is 0.909. The smallest absolute Gasteiger partial charge is 0.306 e. The van der Waals surface area contributed by atoms with Gasteiger partial charge in [0.15, 0.2) is 0 Å². The van der Waals surface area contributed by atoms with E-state index in [0.717, 1.165) is 10.0 Å². The summed E-state index contributed by atoms with van der Waals surface area (Å²) in [5.74, 6) is -1.11. The molecule has 0 amide bonds. The lowest BCUT2D eigenvalue weighted by Crippen LogP contribution is -2.15. The van der Waals surface area contributed by atoms with Crippen LogP contribution in [0, 0.1) is 5.92 Å². The monoisotopic (exact) mass is 290 g/mol. The van der Waals surface area contributed by atoms with Crippen LogP contribution in [0.15, 0.2) is 22.7 Å². The molecule has 1 rings (SSSR count). The van der Waals surface area contributed by atoms with Crippen molar-refractivity contribution < 1.29 is 9.90 Å². The van der Waals surface area contributed by atoms with Gasteiger partial charge in [0, 0.05) is 9.50 Å². The molecule has 82 valence electrons. The normalized spacial score (nSPS) is 12.5. The Labute approximate surface area is 102 Å². The lowest BCUT2D eigenvalue weighted by molar-refractivity contribution is -0.141. The maximum Gasteiger partial charge on any atom is 0.306 e. The molecule has 2 nitrogen and oxygen atoms in total. The highest BCUT2D eigenvalue weighted by molar-refractivity contribution is 9.10. The third kappa shape index (κ3) is 3.50. The molecule has 0 bridgehead atoms. The van der Waals surface area contributed by atoms with Crippen LogP contribution >= 0.6 is 27.5 Å². The third-order valence-corrected chi connectivity index (χ3v) is 3.32. The van der Waals surface area contributed by atoms with Crippen molar-refractivity contribution in [1.29, 1.82) is 0 Å². The second kappa shape index (κ2) is 5.52. The molecule has 1 N–H and O–H groups in total. The van der Waals surface area contributed by atoms with Gasteiger partial charge in [0.25, 0.3) is 0 Å². The van der Waals surface area contributed by atoms with Crippen LogP contribution in [0.2, 0.25) is 5.02 Å². The summed E-state index contributed by atoms with van der Waals surface area (Å²) in [6.45, 7) is 1.87. The van der Waals surface area contributed by atoms with Gasteiger partial charge in [-0.15, -0.1) is 0 Å². The average Bonchev–Trinajstić information content (AvgIpc) is 2.18. The number of hydrogen-bond acceptors (Lipinski definition) is 1. The topological polar surface area (TPSA) is 37.3 Å². The Morgan fingerprint density at radius 3 is 2.80 bits per heavy atom. The van der Waals surface area contributed by atoms with Crippen LogP contribution in [0.4, 0.5) is 0 Å². The molecule has 1 aromatic carbocycles. The standard InChI is InChI=1S/C11H12BrClO2/c1-2-7(11(14)15)5-8-6-9(13)3-4-10(8)12/h3-4,6-7H,2,5H2,1H3,(H,14,15)/t7-/m0/s1. The van der Waals surface area contributed by atoms with Gasteiger partial charge in [-0.05, 0) is 36.6 Å². The van der Waals surface area contributed by atoms with E-state index in [-0.39, 0.29) is 5.92 Å². The van der Waals surface area contributed by atoms with E-state index < -0.39 is 5.97 Å². The average molecular weight is 292 g/mol. The van der Waals surface area contributed by atoms with E-state index in [0.29, 0.717) is 17.9 Å². The van der Waals surface area contributed by atoms with Gasteiger partial charge in [0.2, 0.25) is 0 Å². The van der Waals surface area contributed by atoms with E-state index in [9.17, 15) is 4.79 Å². The lowest BCUT2D eigenvalue weighted by Gasteiger charge is -2.11. The second-order valence-electron chi connectivity index (χ2n) is 3.38. The summed E-state index contributed by atoms with van der Waals surface area (Å²) in [4.78, 5) is 10.9. The Morgan fingerprint density at radius 2 is 2.27 bits per heavy atom. The highest BCUT2D eigenvalue weighted by atomic mass is 79.9. The molecule has 1 aromatic rings. The maximum absolute atomic E-state index is 10.9. The largest absolute Gasteiger partial charge is 0.481 e. The fraction of sp³-hybridized carbons (Fsp3) is 0.364. The van der Waals surface area contributed by atoms with Crippen LogP contribution in [0.5, 0.6) is 0 Å². The molecule has 0 saturated heterocycles. The molecule has 0 heterocycles. The van der Waals surface area contributed by atoms with E-state index in [1.807, 2.05) is 13.0 Å². The second-order valence-corrected chi connectivity index (χ2v) is 4.67. The van der Waals surface area contributed by atoms with Crippen molar-refractivity contribution in [3.63, 3.8) is 0 Å². The summed E-state index contributed by atoms with van der Waals surface area (Å²) in [6.07, 6.45) is 1.13. The molecule has 0 aromatic heterocycles. The Morgan fingerprint density at radius 1 is 1.60 bits per heavy atom. The fourth-order valence-electron chi connectivity index (χ4n) is 1.37. The Bertz CT molecular complexity index is 366. The molecule has 15 heavy (non-hydrogen) atoms. The number of carboxylic acids is 1. The number of benzene rings is 1. The zero-order valence-electron chi connectivity index (χ0n) is 8.34. The molecule has 0 saturated carbocycles. The van der Waals surface area contributed by atoms with Crippen LogP contribution in [0.25, 0.3) is 0 Å². The SMILES string of the molecule is CC[C@@H](Cc1cc(Cl)ccc1Br)C(=O)O. The molecular weight excluding hydrogens is 279 g/mol. The predicted molar refractivity (Wildman–Crippen MR) is 64.3 cm³/mol. The van der Waals surface area contributed by atoms with Crippen molar-refractivity contribution in [2.24, 2.45) is 5.92 Å². The number of carboxylic acid groups (broad SMARTS) is 1. The number of halogens is 2. The molecule has 0 spiro atoms. The maximum atomic E-state index is 10.9. The molecule has 0 unspecified atom stereocenters. The van der Waals surface area contributed by atoms with Gasteiger partial charge in [-0.25, -0.2) is 0 Å². The number of hydrogen-bond donors (Lipinski definition) is 1. The van der Waals surface area contributed by atoms with E-state index in [1.54, 1.807) is 12.1 Å². The molecule has 1 atom stereocenters. The minimum Gasteiger partial charge on any atom is -0.481 e. The first-order valence-corrected chi connectivity index (χ1v) is 5.88. The summed E-state index contributed by atoms with van der Waals surface area (Å²) in [7, 11) is 0. The third-order valence-electron chi connectivity index (χ3n) is 2.32. The van der Waals surface area contributed by atoms with Gasteiger partial charge in [-0.1, -0.05) is 34.5 Å². The van der Waals surface area contributed by atoms with Crippen molar-refractivity contribution >= 4 is 33.5 Å². The molecule has 4 heteroatoms. The summed E-state index contributed by atoms with van der Waals surface area (Å²) in [5.41, 5.74) is 0.941. The van der Waals surface area contributed by atoms with Gasteiger partial charge in [0.05, 0.1) is 5.92 Å². The van der Waals surface area contributed by atoms with Crippen molar-refractivity contribution in [2.75, 3.05) is 0 Å². The van der Waals surface area contributed by atoms with Gasteiger partial charge >= 0.3 is 5.97 Å². The van der Waals surface area contributed by atoms with Crippen LogP contribution in [-0.4, -0.2) is 11.1 Å². The number of rotatable bonds is 4. The fourth-order valence-corrected chi connectivity index (χ4v) is 1.97. The highest BCUT2D eigenvalue weighted by Crippen LogP contribution is 2.24. The van der Waals surface area contributed by atoms with Crippen molar-refractivity contribution in [2.45, 2.75) is 19.8 Å². The minimum atomic E-state index is -0.760. The van der Waals surface area contributed by atoms with E-state index >= 15 is 0 Å². The Kier molecular flexibility index (Phi) is 4.61. The highest BCUT2D eigenvalue weighted by Gasteiger charge is 2.16. The Hall–Kier alpha value is -0.540. The van der Waals surface area contributed by atoms with Crippen molar-refractivity contribution in [3.05, 3.63) is 33.3 Å². The van der Waals surface area contributed by atoms with E-state index in [4.69, 9.17) is 16.7 Å².